The zero-order valence-corrected chi connectivity index (χ0v) is 12.9. The maximum atomic E-state index is 5.93. The number of rotatable bonds is 3. The Morgan fingerprint density at radius 1 is 1.10 bits per heavy atom. The van der Waals surface area contributed by atoms with Crippen molar-refractivity contribution in [3.05, 3.63) is 64.9 Å². The quantitative estimate of drug-likeness (QED) is 0.871. The van der Waals surface area contributed by atoms with Crippen LogP contribution in [0.2, 0.25) is 5.02 Å². The Bertz CT molecular complexity index is 678. The molecule has 2 aromatic rings. The Balaban J connectivity index is 1.82. The van der Waals surface area contributed by atoms with E-state index >= 15 is 0 Å². The van der Waals surface area contributed by atoms with E-state index in [2.05, 4.69) is 50.1 Å². The van der Waals surface area contributed by atoms with Gasteiger partial charge in [-0.25, -0.2) is 0 Å². The first-order valence-corrected chi connectivity index (χ1v) is 7.27. The van der Waals surface area contributed by atoms with Gasteiger partial charge in [-0.1, -0.05) is 29.8 Å². The van der Waals surface area contributed by atoms with Gasteiger partial charge in [-0.3, -0.25) is 4.57 Å². The standard InChI is InChI=1S/C16H17ClN4/c1-12-18-19-13(2)21(12)16-4-3-9-20(11-16)10-14-5-7-15(17)8-6-14/h3-8,11H,9-10H2,1-2H3. The van der Waals surface area contributed by atoms with Crippen LogP contribution in [0.5, 0.6) is 0 Å². The minimum Gasteiger partial charge on any atom is -0.368 e. The predicted octanol–water partition coefficient (Wildman–Crippen LogP) is 3.42. The van der Waals surface area contributed by atoms with Crippen molar-refractivity contribution in [3.63, 3.8) is 0 Å². The maximum absolute atomic E-state index is 5.93. The number of aryl methyl sites for hydroxylation is 2. The number of nitrogens with zero attached hydrogens (tertiary/aromatic N) is 4. The van der Waals surface area contributed by atoms with Crippen LogP contribution in [0, 0.1) is 13.8 Å². The van der Waals surface area contributed by atoms with E-state index in [1.807, 2.05) is 26.0 Å². The Morgan fingerprint density at radius 3 is 2.43 bits per heavy atom. The summed E-state index contributed by atoms with van der Waals surface area (Å²) in [5.41, 5.74) is 2.33. The fourth-order valence-electron chi connectivity index (χ4n) is 2.50. The molecule has 0 unspecified atom stereocenters. The second-order valence-corrected chi connectivity index (χ2v) is 5.58. The summed E-state index contributed by atoms with van der Waals surface area (Å²) in [6.07, 6.45) is 6.42. The van der Waals surface area contributed by atoms with Crippen LogP contribution in [-0.4, -0.2) is 26.2 Å². The second kappa shape index (κ2) is 5.74. The molecule has 21 heavy (non-hydrogen) atoms. The summed E-state index contributed by atoms with van der Waals surface area (Å²) in [5.74, 6) is 1.80. The lowest BCUT2D eigenvalue weighted by molar-refractivity contribution is 0.405. The highest BCUT2D eigenvalue weighted by Crippen LogP contribution is 2.19. The van der Waals surface area contributed by atoms with Crippen molar-refractivity contribution in [2.75, 3.05) is 6.54 Å². The zero-order chi connectivity index (χ0) is 14.8. The van der Waals surface area contributed by atoms with Gasteiger partial charge >= 0.3 is 0 Å². The van der Waals surface area contributed by atoms with Crippen LogP contribution in [0.1, 0.15) is 17.2 Å². The first-order chi connectivity index (χ1) is 10.1. The Kier molecular flexibility index (Phi) is 3.80. The van der Waals surface area contributed by atoms with Crippen molar-refractivity contribution < 1.29 is 0 Å². The van der Waals surface area contributed by atoms with E-state index in [1.54, 1.807) is 0 Å². The van der Waals surface area contributed by atoms with Crippen molar-refractivity contribution >= 4 is 17.3 Å². The molecule has 1 aromatic carbocycles. The molecule has 0 atom stereocenters. The molecule has 0 fully saturated rings. The van der Waals surface area contributed by atoms with E-state index < -0.39 is 0 Å². The van der Waals surface area contributed by atoms with Gasteiger partial charge in [-0.05, 0) is 37.6 Å². The van der Waals surface area contributed by atoms with E-state index in [0.29, 0.717) is 0 Å². The van der Waals surface area contributed by atoms with Gasteiger partial charge in [0.25, 0.3) is 0 Å². The monoisotopic (exact) mass is 300 g/mol. The van der Waals surface area contributed by atoms with E-state index in [9.17, 15) is 0 Å². The normalized spacial score (nSPS) is 14.4. The number of benzene rings is 1. The Labute approximate surface area is 129 Å². The molecule has 1 aromatic heterocycles. The van der Waals surface area contributed by atoms with Gasteiger partial charge in [0.15, 0.2) is 0 Å². The molecule has 5 heteroatoms. The first kappa shape index (κ1) is 13.9. The van der Waals surface area contributed by atoms with Gasteiger partial charge in [0.1, 0.15) is 11.6 Å². The van der Waals surface area contributed by atoms with Crippen LogP contribution >= 0.6 is 11.6 Å². The Morgan fingerprint density at radius 2 is 1.76 bits per heavy atom. The third kappa shape index (κ3) is 3.00. The Hall–Kier alpha value is -2.07. The van der Waals surface area contributed by atoms with Crippen molar-refractivity contribution in [3.8, 4) is 0 Å². The number of aromatic nitrogens is 3. The molecule has 0 bridgehead atoms. The highest BCUT2D eigenvalue weighted by molar-refractivity contribution is 6.30. The maximum Gasteiger partial charge on any atom is 0.134 e. The van der Waals surface area contributed by atoms with Crippen LogP contribution < -0.4 is 0 Å². The lowest BCUT2D eigenvalue weighted by Gasteiger charge is -2.24. The highest BCUT2D eigenvalue weighted by atomic mass is 35.5. The second-order valence-electron chi connectivity index (χ2n) is 5.14. The summed E-state index contributed by atoms with van der Waals surface area (Å²) in [6, 6.07) is 7.97. The van der Waals surface area contributed by atoms with Gasteiger partial charge in [0.05, 0.1) is 5.70 Å². The average Bonchev–Trinajstić information content (AvgIpc) is 2.81. The van der Waals surface area contributed by atoms with Gasteiger partial charge in [-0.2, -0.15) is 0 Å². The highest BCUT2D eigenvalue weighted by Gasteiger charge is 2.12. The van der Waals surface area contributed by atoms with Crippen LogP contribution in [0.3, 0.4) is 0 Å². The first-order valence-electron chi connectivity index (χ1n) is 6.89. The smallest absolute Gasteiger partial charge is 0.134 e. The third-order valence-corrected chi connectivity index (χ3v) is 3.74. The molecule has 1 aliphatic rings. The average molecular weight is 301 g/mol. The summed E-state index contributed by atoms with van der Waals surface area (Å²) in [7, 11) is 0. The van der Waals surface area contributed by atoms with Crippen LogP contribution in [-0.2, 0) is 6.54 Å². The molecule has 0 aliphatic carbocycles. The summed E-state index contributed by atoms with van der Waals surface area (Å²) in [5, 5.41) is 9.00. The van der Waals surface area contributed by atoms with Gasteiger partial charge in [-0.15, -0.1) is 10.2 Å². The van der Waals surface area contributed by atoms with Crippen molar-refractivity contribution in [2.24, 2.45) is 0 Å². The van der Waals surface area contributed by atoms with Crippen molar-refractivity contribution in [1.29, 1.82) is 0 Å². The minimum absolute atomic E-state index is 0.768. The van der Waals surface area contributed by atoms with Crippen molar-refractivity contribution in [1.82, 2.24) is 19.7 Å². The van der Waals surface area contributed by atoms with Crippen LogP contribution in [0.15, 0.2) is 42.6 Å². The van der Waals surface area contributed by atoms with E-state index in [1.165, 1.54) is 5.56 Å². The van der Waals surface area contributed by atoms with Gasteiger partial charge < -0.3 is 4.90 Å². The number of hydrogen-bond acceptors (Lipinski definition) is 3. The molecule has 0 saturated carbocycles. The zero-order valence-electron chi connectivity index (χ0n) is 12.1. The van der Waals surface area contributed by atoms with Crippen LogP contribution in [0.25, 0.3) is 5.70 Å². The van der Waals surface area contributed by atoms with E-state index in [0.717, 1.165) is 35.5 Å². The molecule has 0 N–H and O–H groups in total. The molecule has 0 radical (unpaired) electrons. The SMILES string of the molecule is Cc1nnc(C)n1C1=CN(Cc2ccc(Cl)cc2)CC=C1. The summed E-state index contributed by atoms with van der Waals surface area (Å²) in [6.45, 7) is 5.68. The number of hydrogen-bond donors (Lipinski definition) is 0. The fraction of sp³-hybridized carbons (Fsp3) is 0.250. The number of halogens is 1. The number of allylic oxidation sites excluding steroid dienone is 2. The molecule has 0 amide bonds. The fourth-order valence-corrected chi connectivity index (χ4v) is 2.63. The molecule has 1 aliphatic heterocycles. The van der Waals surface area contributed by atoms with Gasteiger partial charge in [0.2, 0.25) is 0 Å². The molecule has 3 rings (SSSR count). The summed E-state index contributed by atoms with van der Waals surface area (Å²) in [4.78, 5) is 2.26. The van der Waals surface area contributed by atoms with Crippen LogP contribution in [0.4, 0.5) is 0 Å². The van der Waals surface area contributed by atoms with Crippen molar-refractivity contribution in [2.45, 2.75) is 20.4 Å². The topological polar surface area (TPSA) is 34.0 Å². The largest absolute Gasteiger partial charge is 0.368 e. The molecular weight excluding hydrogens is 284 g/mol. The van der Waals surface area contributed by atoms with E-state index in [-0.39, 0.29) is 0 Å². The molecule has 108 valence electrons. The molecule has 2 heterocycles. The van der Waals surface area contributed by atoms with E-state index in [4.69, 9.17) is 11.6 Å². The summed E-state index contributed by atoms with van der Waals surface area (Å²) >= 11 is 5.93. The molecule has 4 nitrogen and oxygen atoms in total. The molecule has 0 saturated heterocycles. The minimum atomic E-state index is 0.768. The molecule has 0 spiro atoms. The predicted molar refractivity (Wildman–Crippen MR) is 84.8 cm³/mol. The lowest BCUT2D eigenvalue weighted by Crippen LogP contribution is -2.21. The molecular formula is C16H17ClN4. The lowest BCUT2D eigenvalue weighted by atomic mass is 10.2. The summed E-state index contributed by atoms with van der Waals surface area (Å²) < 4.78 is 2.06. The van der Waals surface area contributed by atoms with Gasteiger partial charge in [0, 0.05) is 24.3 Å². The third-order valence-electron chi connectivity index (χ3n) is 3.49.